The summed E-state index contributed by atoms with van der Waals surface area (Å²) >= 11 is 3.38. The van der Waals surface area contributed by atoms with E-state index in [1.54, 1.807) is 18.2 Å². The number of esters is 1. The van der Waals surface area contributed by atoms with E-state index in [1.165, 1.54) is 18.4 Å². The van der Waals surface area contributed by atoms with E-state index in [2.05, 4.69) is 26.6 Å². The van der Waals surface area contributed by atoms with Gasteiger partial charge in [-0.2, -0.15) is 0 Å². The lowest BCUT2D eigenvalue weighted by molar-refractivity contribution is -0.144. The Kier molecular flexibility index (Phi) is 8.39. The average molecular weight is 497 g/mol. The third-order valence-corrected chi connectivity index (χ3v) is 4.75. The Hall–Kier alpha value is -3.65. The maximum atomic E-state index is 12.7. The number of rotatable bonds is 9. The summed E-state index contributed by atoms with van der Waals surface area (Å²) < 4.78 is 11.1. The molecular formula is C24H21BrN2O5. The third kappa shape index (κ3) is 7.24. The Morgan fingerprint density at radius 3 is 2.53 bits per heavy atom. The number of benzene rings is 2. The van der Waals surface area contributed by atoms with Gasteiger partial charge in [-0.1, -0.05) is 58.4 Å². The molecule has 2 amide bonds. The largest absolute Gasteiger partial charge is 0.461 e. The van der Waals surface area contributed by atoms with Crippen LogP contribution in [0.15, 0.2) is 87.6 Å². The van der Waals surface area contributed by atoms with Gasteiger partial charge >= 0.3 is 5.97 Å². The van der Waals surface area contributed by atoms with Crippen LogP contribution in [0.25, 0.3) is 6.08 Å². The first-order chi connectivity index (χ1) is 15.5. The summed E-state index contributed by atoms with van der Waals surface area (Å²) in [5.41, 5.74) is 1.60. The van der Waals surface area contributed by atoms with Crippen LogP contribution in [-0.2, 0) is 20.9 Å². The first-order valence-electron chi connectivity index (χ1n) is 9.81. The zero-order valence-corrected chi connectivity index (χ0v) is 18.6. The SMILES string of the molecule is O=C(CCNC(=O)/C(=C\c1cccc(Br)c1)NC(=O)c1ccco1)OCc1ccccc1. The third-order valence-electron chi connectivity index (χ3n) is 4.25. The van der Waals surface area contributed by atoms with E-state index in [1.807, 2.05) is 42.5 Å². The second kappa shape index (κ2) is 11.7. The monoisotopic (exact) mass is 496 g/mol. The summed E-state index contributed by atoms with van der Waals surface area (Å²) in [7, 11) is 0. The van der Waals surface area contributed by atoms with Crippen molar-refractivity contribution in [2.24, 2.45) is 0 Å². The van der Waals surface area contributed by atoms with Crippen LogP contribution >= 0.6 is 15.9 Å². The number of amides is 2. The molecule has 3 aromatic rings. The Bertz CT molecular complexity index is 1090. The first-order valence-corrected chi connectivity index (χ1v) is 10.6. The van der Waals surface area contributed by atoms with Crippen molar-refractivity contribution in [1.82, 2.24) is 10.6 Å². The predicted octanol–water partition coefficient (Wildman–Crippen LogP) is 4.06. The van der Waals surface area contributed by atoms with Crippen molar-refractivity contribution < 1.29 is 23.5 Å². The maximum absolute atomic E-state index is 12.7. The van der Waals surface area contributed by atoms with E-state index in [0.717, 1.165) is 10.0 Å². The minimum atomic E-state index is -0.561. The molecule has 1 heterocycles. The van der Waals surface area contributed by atoms with Crippen LogP contribution in [0, 0.1) is 0 Å². The zero-order valence-electron chi connectivity index (χ0n) is 17.0. The predicted molar refractivity (Wildman–Crippen MR) is 122 cm³/mol. The van der Waals surface area contributed by atoms with Gasteiger partial charge in [0.2, 0.25) is 0 Å². The lowest BCUT2D eigenvalue weighted by Crippen LogP contribution is -2.35. The van der Waals surface area contributed by atoms with Gasteiger partial charge in [-0.15, -0.1) is 0 Å². The molecule has 0 saturated carbocycles. The van der Waals surface area contributed by atoms with Crippen molar-refractivity contribution in [3.63, 3.8) is 0 Å². The highest BCUT2D eigenvalue weighted by Gasteiger charge is 2.16. The highest BCUT2D eigenvalue weighted by atomic mass is 79.9. The van der Waals surface area contributed by atoms with Crippen LogP contribution < -0.4 is 10.6 Å². The Morgan fingerprint density at radius 2 is 1.81 bits per heavy atom. The molecule has 7 nitrogen and oxygen atoms in total. The molecule has 164 valence electrons. The number of furan rings is 1. The van der Waals surface area contributed by atoms with Crippen LogP contribution in [0.1, 0.15) is 28.1 Å². The molecule has 32 heavy (non-hydrogen) atoms. The number of hydrogen-bond acceptors (Lipinski definition) is 5. The van der Waals surface area contributed by atoms with Gasteiger partial charge in [0.25, 0.3) is 11.8 Å². The van der Waals surface area contributed by atoms with Gasteiger partial charge in [0, 0.05) is 11.0 Å². The highest BCUT2D eigenvalue weighted by Crippen LogP contribution is 2.14. The molecule has 0 aliphatic rings. The van der Waals surface area contributed by atoms with Crippen molar-refractivity contribution >= 4 is 39.8 Å². The number of hydrogen-bond donors (Lipinski definition) is 2. The molecule has 0 atom stereocenters. The van der Waals surface area contributed by atoms with Crippen LogP contribution in [0.3, 0.4) is 0 Å². The topological polar surface area (TPSA) is 97.6 Å². The van der Waals surface area contributed by atoms with E-state index in [9.17, 15) is 14.4 Å². The second-order valence-corrected chi connectivity index (χ2v) is 7.61. The molecule has 0 fully saturated rings. The van der Waals surface area contributed by atoms with Crippen molar-refractivity contribution in [2.45, 2.75) is 13.0 Å². The molecule has 3 rings (SSSR count). The Morgan fingerprint density at radius 1 is 1.00 bits per heavy atom. The zero-order chi connectivity index (χ0) is 22.8. The standard InChI is InChI=1S/C24H21BrN2O5/c25-19-9-4-8-18(14-19)15-20(27-24(30)21-10-5-13-31-21)23(29)26-12-11-22(28)32-16-17-6-2-1-3-7-17/h1-10,13-15H,11-12,16H2,(H,26,29)(H,27,30)/b20-15+. The van der Waals surface area contributed by atoms with E-state index in [4.69, 9.17) is 9.15 Å². The summed E-state index contributed by atoms with van der Waals surface area (Å²) in [6.45, 7) is 0.222. The van der Waals surface area contributed by atoms with Gasteiger partial charge in [0.15, 0.2) is 5.76 Å². The molecule has 0 unspecified atom stereocenters. The Labute approximate surface area is 193 Å². The smallest absolute Gasteiger partial charge is 0.307 e. The van der Waals surface area contributed by atoms with Crippen LogP contribution in [0.5, 0.6) is 0 Å². The Balaban J connectivity index is 1.59. The van der Waals surface area contributed by atoms with Gasteiger partial charge in [0.1, 0.15) is 12.3 Å². The molecule has 0 bridgehead atoms. The van der Waals surface area contributed by atoms with E-state index >= 15 is 0 Å². The lowest BCUT2D eigenvalue weighted by atomic mass is 10.2. The summed E-state index contributed by atoms with van der Waals surface area (Å²) in [6.07, 6.45) is 2.90. The normalized spacial score (nSPS) is 11.0. The van der Waals surface area contributed by atoms with E-state index < -0.39 is 17.8 Å². The summed E-state index contributed by atoms with van der Waals surface area (Å²) in [6, 6.07) is 19.6. The fraction of sp³-hybridized carbons (Fsp3) is 0.125. The molecule has 0 aliphatic carbocycles. The van der Waals surface area contributed by atoms with Gasteiger partial charge in [-0.25, -0.2) is 0 Å². The van der Waals surface area contributed by atoms with Gasteiger partial charge in [-0.05, 0) is 41.5 Å². The average Bonchev–Trinajstić information content (AvgIpc) is 3.33. The van der Waals surface area contributed by atoms with Crippen LogP contribution in [0.2, 0.25) is 0 Å². The van der Waals surface area contributed by atoms with E-state index in [0.29, 0.717) is 5.56 Å². The maximum Gasteiger partial charge on any atom is 0.307 e. The molecule has 0 radical (unpaired) electrons. The quantitative estimate of drug-likeness (QED) is 0.343. The van der Waals surface area contributed by atoms with Gasteiger partial charge in [-0.3, -0.25) is 14.4 Å². The van der Waals surface area contributed by atoms with Gasteiger partial charge in [0.05, 0.1) is 12.7 Å². The number of halogens is 1. The summed E-state index contributed by atoms with van der Waals surface area (Å²) in [4.78, 5) is 37.0. The van der Waals surface area contributed by atoms with Crippen LogP contribution in [-0.4, -0.2) is 24.3 Å². The highest BCUT2D eigenvalue weighted by molar-refractivity contribution is 9.10. The number of ether oxygens (including phenoxy) is 1. The van der Waals surface area contributed by atoms with Gasteiger partial charge < -0.3 is 19.8 Å². The molecule has 2 aromatic carbocycles. The summed E-state index contributed by atoms with van der Waals surface area (Å²) in [5, 5.41) is 5.19. The molecule has 8 heteroatoms. The van der Waals surface area contributed by atoms with Crippen molar-refractivity contribution in [1.29, 1.82) is 0 Å². The molecule has 0 aliphatic heterocycles. The fourth-order valence-corrected chi connectivity index (χ4v) is 3.11. The van der Waals surface area contributed by atoms with Crippen LogP contribution in [0.4, 0.5) is 0 Å². The molecule has 2 N–H and O–H groups in total. The van der Waals surface area contributed by atoms with E-state index in [-0.39, 0.29) is 31.0 Å². The molecule has 0 saturated heterocycles. The van der Waals surface area contributed by atoms with Crippen molar-refractivity contribution in [3.05, 3.63) is 100 Å². The lowest BCUT2D eigenvalue weighted by Gasteiger charge is -2.11. The first kappa shape index (κ1) is 23.0. The molecular weight excluding hydrogens is 476 g/mol. The number of nitrogens with one attached hydrogen (secondary N) is 2. The second-order valence-electron chi connectivity index (χ2n) is 6.70. The summed E-state index contributed by atoms with van der Waals surface area (Å²) in [5.74, 6) is -1.47. The molecule has 1 aromatic heterocycles. The molecule has 0 spiro atoms. The van der Waals surface area contributed by atoms with Crippen molar-refractivity contribution in [2.75, 3.05) is 6.54 Å². The number of carbonyl (C=O) groups is 3. The fourth-order valence-electron chi connectivity index (χ4n) is 2.70. The number of carbonyl (C=O) groups excluding carboxylic acids is 3. The minimum Gasteiger partial charge on any atom is -0.461 e. The van der Waals surface area contributed by atoms with Crippen molar-refractivity contribution in [3.8, 4) is 0 Å². The minimum absolute atomic E-state index is 0.00509.